The molecule has 1 aromatic carbocycles. The number of carbonyl (C=O) groups is 1. The molecule has 1 aliphatic heterocycles. The summed E-state index contributed by atoms with van der Waals surface area (Å²) in [5.74, 6) is 0.510. The monoisotopic (exact) mass is 333 g/mol. The van der Waals surface area contributed by atoms with Gasteiger partial charge in [-0.25, -0.2) is 13.4 Å². The predicted molar refractivity (Wildman–Crippen MR) is 88.6 cm³/mol. The van der Waals surface area contributed by atoms with Crippen molar-refractivity contribution < 1.29 is 13.2 Å². The van der Waals surface area contributed by atoms with Gasteiger partial charge in [-0.2, -0.15) is 0 Å². The van der Waals surface area contributed by atoms with E-state index in [1.54, 1.807) is 6.08 Å². The Morgan fingerprint density at radius 3 is 3.00 bits per heavy atom. The molecule has 2 aromatic rings. The van der Waals surface area contributed by atoms with Gasteiger partial charge in [-0.05, 0) is 24.6 Å². The maximum absolute atomic E-state index is 11.8. The maximum Gasteiger partial charge on any atom is 0.220 e. The molecule has 0 saturated heterocycles. The van der Waals surface area contributed by atoms with Crippen molar-refractivity contribution in [3.8, 4) is 0 Å². The van der Waals surface area contributed by atoms with Crippen LogP contribution in [-0.2, 0) is 21.1 Å². The molecular formula is C16H19N3O3S. The highest BCUT2D eigenvalue weighted by Gasteiger charge is 2.23. The molecule has 1 unspecified atom stereocenters. The smallest absolute Gasteiger partial charge is 0.220 e. The van der Waals surface area contributed by atoms with Crippen LogP contribution in [0.2, 0.25) is 0 Å². The predicted octanol–water partition coefficient (Wildman–Crippen LogP) is 1.48. The Hall–Kier alpha value is -2.15. The van der Waals surface area contributed by atoms with Gasteiger partial charge in [0.25, 0.3) is 0 Å². The number of H-pyrrole nitrogens is 1. The Morgan fingerprint density at radius 2 is 2.26 bits per heavy atom. The molecule has 2 heterocycles. The van der Waals surface area contributed by atoms with Crippen LogP contribution < -0.4 is 5.32 Å². The van der Waals surface area contributed by atoms with Crippen molar-refractivity contribution in [3.05, 3.63) is 41.1 Å². The average Bonchev–Trinajstić information content (AvgIpc) is 3.01. The number of aromatic amines is 1. The van der Waals surface area contributed by atoms with Gasteiger partial charge < -0.3 is 10.3 Å². The van der Waals surface area contributed by atoms with Gasteiger partial charge in [0.15, 0.2) is 9.84 Å². The summed E-state index contributed by atoms with van der Waals surface area (Å²) in [6.07, 6.45) is 2.41. The number of amides is 1. The lowest BCUT2D eigenvalue weighted by atomic mass is 10.1. The first kappa shape index (κ1) is 15.7. The van der Waals surface area contributed by atoms with Crippen LogP contribution in [0.3, 0.4) is 0 Å². The topological polar surface area (TPSA) is 91.9 Å². The highest BCUT2D eigenvalue weighted by atomic mass is 32.2. The highest BCUT2D eigenvalue weighted by molar-refractivity contribution is 7.94. The number of imidazole rings is 1. The number of carbonyl (C=O) groups excluding carboxylic acids is 1. The van der Waals surface area contributed by atoms with Gasteiger partial charge in [0.2, 0.25) is 5.91 Å². The van der Waals surface area contributed by atoms with Crippen molar-refractivity contribution >= 4 is 26.8 Å². The fraction of sp³-hybridized carbons (Fsp3) is 0.375. The number of sulfone groups is 1. The second-order valence-electron chi connectivity index (χ2n) is 5.93. The number of rotatable bonds is 5. The molecule has 0 radical (unpaired) electrons. The number of benzene rings is 1. The van der Waals surface area contributed by atoms with E-state index in [0.29, 0.717) is 13.0 Å². The van der Waals surface area contributed by atoms with Crippen LogP contribution in [-0.4, -0.2) is 36.6 Å². The number of nitrogens with one attached hydrogen (secondary N) is 2. The zero-order valence-corrected chi connectivity index (χ0v) is 13.7. The molecule has 2 N–H and O–H groups in total. The SMILES string of the molecule is Cc1ccc2nc(CCNC(=O)CC3C=CS(=O)(=O)C3)[nH]c2c1. The third-order valence-corrected chi connectivity index (χ3v) is 5.29. The van der Waals surface area contributed by atoms with Gasteiger partial charge >= 0.3 is 0 Å². The van der Waals surface area contributed by atoms with Gasteiger partial charge in [-0.15, -0.1) is 0 Å². The second kappa shape index (κ2) is 6.16. The first-order chi connectivity index (χ1) is 10.9. The molecule has 6 nitrogen and oxygen atoms in total. The summed E-state index contributed by atoms with van der Waals surface area (Å²) < 4.78 is 22.6. The summed E-state index contributed by atoms with van der Waals surface area (Å²) in [6, 6.07) is 6.02. The molecule has 1 aromatic heterocycles. The molecule has 0 fully saturated rings. The quantitative estimate of drug-likeness (QED) is 0.867. The van der Waals surface area contributed by atoms with E-state index in [-0.39, 0.29) is 24.0 Å². The molecule has 1 atom stereocenters. The lowest BCUT2D eigenvalue weighted by molar-refractivity contribution is -0.121. The second-order valence-corrected chi connectivity index (χ2v) is 7.86. The molecule has 0 bridgehead atoms. The minimum absolute atomic E-state index is 0.0311. The molecule has 7 heteroatoms. The van der Waals surface area contributed by atoms with Crippen LogP contribution in [0.25, 0.3) is 11.0 Å². The molecule has 0 aliphatic carbocycles. The molecule has 1 amide bonds. The summed E-state index contributed by atoms with van der Waals surface area (Å²) in [5, 5.41) is 4.01. The number of aryl methyl sites for hydroxylation is 1. The third kappa shape index (κ3) is 3.98. The minimum atomic E-state index is -3.10. The van der Waals surface area contributed by atoms with Crippen LogP contribution >= 0.6 is 0 Å². The van der Waals surface area contributed by atoms with Crippen LogP contribution in [0.5, 0.6) is 0 Å². The minimum Gasteiger partial charge on any atom is -0.356 e. The summed E-state index contributed by atoms with van der Waals surface area (Å²) >= 11 is 0. The number of fused-ring (bicyclic) bond motifs is 1. The summed E-state index contributed by atoms with van der Waals surface area (Å²) in [7, 11) is -3.10. The lowest BCUT2D eigenvalue weighted by Gasteiger charge is -2.07. The fourth-order valence-corrected chi connectivity index (χ4v) is 4.09. The van der Waals surface area contributed by atoms with Gasteiger partial charge in [-0.1, -0.05) is 12.1 Å². The van der Waals surface area contributed by atoms with Crippen molar-refractivity contribution in [2.75, 3.05) is 12.3 Å². The van der Waals surface area contributed by atoms with Gasteiger partial charge in [0.1, 0.15) is 5.82 Å². The Labute approximate surface area is 134 Å². The number of allylic oxidation sites excluding steroid dienone is 1. The van der Waals surface area contributed by atoms with Crippen molar-refractivity contribution in [1.29, 1.82) is 0 Å². The van der Waals surface area contributed by atoms with Crippen LogP contribution in [0, 0.1) is 12.8 Å². The molecular weight excluding hydrogens is 314 g/mol. The molecule has 3 rings (SSSR count). The molecule has 122 valence electrons. The van der Waals surface area contributed by atoms with E-state index in [0.717, 1.165) is 16.9 Å². The van der Waals surface area contributed by atoms with E-state index in [1.165, 1.54) is 11.0 Å². The van der Waals surface area contributed by atoms with E-state index in [9.17, 15) is 13.2 Å². The average molecular weight is 333 g/mol. The zero-order valence-electron chi connectivity index (χ0n) is 12.9. The highest BCUT2D eigenvalue weighted by Crippen LogP contribution is 2.18. The Balaban J connectivity index is 1.48. The molecule has 0 saturated carbocycles. The number of hydrogen-bond acceptors (Lipinski definition) is 4. The number of aromatic nitrogens is 2. The van der Waals surface area contributed by atoms with Crippen molar-refractivity contribution in [3.63, 3.8) is 0 Å². The fourth-order valence-electron chi connectivity index (χ4n) is 2.69. The number of nitrogens with zero attached hydrogens (tertiary/aromatic N) is 1. The van der Waals surface area contributed by atoms with Gasteiger partial charge in [-0.3, -0.25) is 4.79 Å². The summed E-state index contributed by atoms with van der Waals surface area (Å²) in [6.45, 7) is 2.50. The van der Waals surface area contributed by atoms with E-state index in [2.05, 4.69) is 15.3 Å². The van der Waals surface area contributed by atoms with Crippen LogP contribution in [0.1, 0.15) is 17.8 Å². The Kier molecular flexibility index (Phi) is 4.21. The van der Waals surface area contributed by atoms with Crippen molar-refractivity contribution in [1.82, 2.24) is 15.3 Å². The van der Waals surface area contributed by atoms with Gasteiger partial charge in [0, 0.05) is 30.7 Å². The van der Waals surface area contributed by atoms with E-state index < -0.39 is 9.84 Å². The Morgan fingerprint density at radius 1 is 1.43 bits per heavy atom. The van der Waals surface area contributed by atoms with E-state index in [4.69, 9.17) is 0 Å². The standard InChI is InChI=1S/C16H19N3O3S/c1-11-2-3-13-14(8-11)19-15(18-13)4-6-17-16(20)9-12-5-7-23(21,22)10-12/h2-3,5,7-8,12H,4,6,9-10H2,1H3,(H,17,20)(H,18,19). The third-order valence-electron chi connectivity index (χ3n) is 3.82. The Bertz CT molecular complexity index is 868. The number of hydrogen-bond donors (Lipinski definition) is 2. The molecule has 0 spiro atoms. The zero-order chi connectivity index (χ0) is 16.4. The van der Waals surface area contributed by atoms with Crippen molar-refractivity contribution in [2.45, 2.75) is 19.8 Å². The first-order valence-corrected chi connectivity index (χ1v) is 9.26. The first-order valence-electron chi connectivity index (χ1n) is 7.54. The summed E-state index contributed by atoms with van der Waals surface area (Å²) in [5.41, 5.74) is 3.08. The van der Waals surface area contributed by atoms with Crippen LogP contribution in [0.4, 0.5) is 0 Å². The molecule has 1 aliphatic rings. The van der Waals surface area contributed by atoms with Gasteiger partial charge in [0.05, 0.1) is 16.8 Å². The van der Waals surface area contributed by atoms with E-state index in [1.807, 2.05) is 25.1 Å². The largest absolute Gasteiger partial charge is 0.356 e. The van der Waals surface area contributed by atoms with Crippen LogP contribution in [0.15, 0.2) is 29.7 Å². The lowest BCUT2D eigenvalue weighted by Crippen LogP contribution is -2.28. The normalized spacial score (nSPS) is 19.3. The molecule has 23 heavy (non-hydrogen) atoms. The maximum atomic E-state index is 11.8. The van der Waals surface area contributed by atoms with Crippen molar-refractivity contribution in [2.24, 2.45) is 5.92 Å². The summed E-state index contributed by atoms with van der Waals surface area (Å²) in [4.78, 5) is 19.6. The van der Waals surface area contributed by atoms with E-state index >= 15 is 0 Å².